The molecule has 0 bridgehead atoms. The Bertz CT molecular complexity index is 366. The monoisotopic (exact) mass is 190 g/mol. The third-order valence-electron chi connectivity index (χ3n) is 2.06. The molecule has 72 valence electrons. The summed E-state index contributed by atoms with van der Waals surface area (Å²) >= 11 is 0. The van der Waals surface area contributed by atoms with Crippen LogP contribution in [0.4, 0.5) is 0 Å². The predicted octanol–water partition coefficient (Wildman–Crippen LogP) is 1.68. The average Bonchev–Trinajstić information content (AvgIpc) is 2.59. The molecule has 0 saturated carbocycles. The summed E-state index contributed by atoms with van der Waals surface area (Å²) in [6.07, 6.45) is 2.03. The van der Waals surface area contributed by atoms with Gasteiger partial charge < -0.3 is 9.47 Å². The predicted molar refractivity (Wildman–Crippen MR) is 50.9 cm³/mol. The van der Waals surface area contributed by atoms with Crippen molar-refractivity contribution in [1.29, 1.82) is 0 Å². The molecule has 2 rings (SSSR count). The second-order valence-corrected chi connectivity index (χ2v) is 3.02. The van der Waals surface area contributed by atoms with Crippen molar-refractivity contribution in [3.63, 3.8) is 0 Å². The van der Waals surface area contributed by atoms with E-state index in [2.05, 4.69) is 4.74 Å². The minimum Gasteiger partial charge on any atom is -0.466 e. The molecule has 0 amide bonds. The molecular weight excluding hydrogens is 180 g/mol. The molecule has 0 fully saturated rings. The Balaban J connectivity index is 2.19. The first kappa shape index (κ1) is 8.81. The number of carbonyl (C=O) groups excluding carboxylic acids is 1. The number of methoxy groups -OCH3 is 1. The zero-order valence-electron chi connectivity index (χ0n) is 7.82. The summed E-state index contributed by atoms with van der Waals surface area (Å²) in [6.45, 7) is 0. The smallest absolute Gasteiger partial charge is 0.333 e. The number of rotatable bonds is 1. The second-order valence-electron chi connectivity index (χ2n) is 3.02. The normalized spacial score (nSPS) is 16.2. The SMILES string of the molecule is COC(=O)/C=C1\Cc2ccccc2O1. The largest absolute Gasteiger partial charge is 0.466 e. The first-order valence-corrected chi connectivity index (χ1v) is 4.34. The van der Waals surface area contributed by atoms with Crippen LogP contribution in [0.2, 0.25) is 0 Å². The quantitative estimate of drug-likeness (QED) is 0.499. The lowest BCUT2D eigenvalue weighted by Gasteiger charge is -1.97. The summed E-state index contributed by atoms with van der Waals surface area (Å²) in [5, 5.41) is 0. The Kier molecular flexibility index (Phi) is 2.23. The molecule has 1 heterocycles. The molecule has 1 aromatic carbocycles. The van der Waals surface area contributed by atoms with Gasteiger partial charge in [0.15, 0.2) is 0 Å². The number of hydrogen-bond acceptors (Lipinski definition) is 3. The third kappa shape index (κ3) is 1.62. The molecule has 0 unspecified atom stereocenters. The van der Waals surface area contributed by atoms with Gasteiger partial charge in [0, 0.05) is 12.0 Å². The lowest BCUT2D eigenvalue weighted by molar-refractivity contribution is -0.135. The zero-order valence-corrected chi connectivity index (χ0v) is 7.82. The van der Waals surface area contributed by atoms with Crippen LogP contribution in [0.3, 0.4) is 0 Å². The summed E-state index contributed by atoms with van der Waals surface area (Å²) in [4.78, 5) is 10.9. The van der Waals surface area contributed by atoms with Crippen LogP contribution in [0.15, 0.2) is 36.1 Å². The molecule has 1 aromatic rings. The van der Waals surface area contributed by atoms with Gasteiger partial charge in [0.25, 0.3) is 0 Å². The van der Waals surface area contributed by atoms with Crippen molar-refractivity contribution in [3.8, 4) is 5.75 Å². The minimum absolute atomic E-state index is 0.382. The van der Waals surface area contributed by atoms with E-state index in [4.69, 9.17) is 4.74 Å². The van der Waals surface area contributed by atoms with Crippen molar-refractivity contribution in [2.45, 2.75) is 6.42 Å². The Morgan fingerprint density at radius 2 is 2.29 bits per heavy atom. The lowest BCUT2D eigenvalue weighted by atomic mass is 10.1. The average molecular weight is 190 g/mol. The molecular formula is C11H10O3. The molecule has 0 atom stereocenters. The lowest BCUT2D eigenvalue weighted by Crippen LogP contribution is -1.99. The van der Waals surface area contributed by atoms with Gasteiger partial charge in [-0.05, 0) is 6.07 Å². The molecule has 0 spiro atoms. The van der Waals surface area contributed by atoms with E-state index in [0.717, 1.165) is 11.3 Å². The number of para-hydroxylation sites is 1. The Morgan fingerprint density at radius 1 is 1.50 bits per heavy atom. The first-order chi connectivity index (χ1) is 6.79. The van der Waals surface area contributed by atoms with Gasteiger partial charge in [-0.25, -0.2) is 4.79 Å². The Hall–Kier alpha value is -1.77. The number of benzene rings is 1. The second kappa shape index (κ2) is 3.54. The zero-order chi connectivity index (χ0) is 9.97. The topological polar surface area (TPSA) is 35.5 Å². The van der Waals surface area contributed by atoms with Crippen molar-refractivity contribution in [2.75, 3.05) is 7.11 Å². The standard InChI is InChI=1S/C11H10O3/c1-13-11(12)7-9-6-8-4-2-3-5-10(8)14-9/h2-5,7H,6H2,1H3/b9-7+. The number of allylic oxidation sites excluding steroid dienone is 1. The molecule has 0 aromatic heterocycles. The molecule has 1 aliphatic rings. The van der Waals surface area contributed by atoms with E-state index in [0.29, 0.717) is 12.2 Å². The van der Waals surface area contributed by atoms with Gasteiger partial charge in [-0.1, -0.05) is 18.2 Å². The van der Waals surface area contributed by atoms with Gasteiger partial charge in [0.2, 0.25) is 0 Å². The maximum Gasteiger partial charge on any atom is 0.333 e. The minimum atomic E-state index is -0.382. The summed E-state index contributed by atoms with van der Waals surface area (Å²) in [5.74, 6) is 1.08. The summed E-state index contributed by atoms with van der Waals surface area (Å²) in [6, 6.07) is 7.71. The van der Waals surface area contributed by atoms with E-state index < -0.39 is 0 Å². The van der Waals surface area contributed by atoms with Crippen LogP contribution in [0.5, 0.6) is 5.75 Å². The van der Waals surface area contributed by atoms with E-state index in [1.54, 1.807) is 0 Å². The number of carbonyl (C=O) groups is 1. The third-order valence-corrected chi connectivity index (χ3v) is 2.06. The Labute approximate surface area is 81.9 Å². The van der Waals surface area contributed by atoms with Crippen LogP contribution in [-0.4, -0.2) is 13.1 Å². The van der Waals surface area contributed by atoms with Crippen molar-refractivity contribution >= 4 is 5.97 Å². The Morgan fingerprint density at radius 3 is 3.00 bits per heavy atom. The van der Waals surface area contributed by atoms with Crippen LogP contribution in [-0.2, 0) is 16.0 Å². The van der Waals surface area contributed by atoms with Gasteiger partial charge in [0.05, 0.1) is 13.2 Å². The van der Waals surface area contributed by atoms with Crippen LogP contribution in [0.25, 0.3) is 0 Å². The van der Waals surface area contributed by atoms with Crippen molar-refractivity contribution in [2.24, 2.45) is 0 Å². The van der Waals surface area contributed by atoms with Crippen LogP contribution in [0.1, 0.15) is 5.56 Å². The van der Waals surface area contributed by atoms with Crippen molar-refractivity contribution < 1.29 is 14.3 Å². The highest BCUT2D eigenvalue weighted by atomic mass is 16.5. The maximum atomic E-state index is 10.9. The van der Waals surface area contributed by atoms with E-state index in [9.17, 15) is 4.79 Å². The number of fused-ring (bicyclic) bond motifs is 1. The summed E-state index contributed by atoms with van der Waals surface area (Å²) in [5.41, 5.74) is 1.10. The first-order valence-electron chi connectivity index (χ1n) is 4.34. The van der Waals surface area contributed by atoms with Gasteiger partial charge in [-0.15, -0.1) is 0 Å². The van der Waals surface area contributed by atoms with Gasteiger partial charge in [0.1, 0.15) is 11.5 Å². The molecule has 14 heavy (non-hydrogen) atoms. The molecule has 0 N–H and O–H groups in total. The van der Waals surface area contributed by atoms with Gasteiger partial charge in [-0.2, -0.15) is 0 Å². The van der Waals surface area contributed by atoms with Crippen LogP contribution < -0.4 is 4.74 Å². The highest BCUT2D eigenvalue weighted by Gasteiger charge is 2.17. The fourth-order valence-electron chi connectivity index (χ4n) is 1.39. The molecule has 3 nitrogen and oxygen atoms in total. The number of esters is 1. The maximum absolute atomic E-state index is 10.9. The highest BCUT2D eigenvalue weighted by Crippen LogP contribution is 2.29. The van der Waals surface area contributed by atoms with E-state index in [1.807, 2.05) is 24.3 Å². The van der Waals surface area contributed by atoms with Gasteiger partial charge >= 0.3 is 5.97 Å². The summed E-state index contributed by atoms with van der Waals surface area (Å²) < 4.78 is 9.96. The van der Waals surface area contributed by atoms with E-state index >= 15 is 0 Å². The summed E-state index contributed by atoms with van der Waals surface area (Å²) in [7, 11) is 1.35. The van der Waals surface area contributed by atoms with E-state index in [-0.39, 0.29) is 5.97 Å². The van der Waals surface area contributed by atoms with Crippen LogP contribution in [0, 0.1) is 0 Å². The fourth-order valence-corrected chi connectivity index (χ4v) is 1.39. The fraction of sp³-hybridized carbons (Fsp3) is 0.182. The van der Waals surface area contributed by atoms with Gasteiger partial charge in [-0.3, -0.25) is 0 Å². The number of ether oxygens (including phenoxy) is 2. The molecule has 0 radical (unpaired) electrons. The molecule has 0 aliphatic carbocycles. The molecule has 0 saturated heterocycles. The molecule has 3 heteroatoms. The number of hydrogen-bond donors (Lipinski definition) is 0. The van der Waals surface area contributed by atoms with Crippen LogP contribution >= 0.6 is 0 Å². The van der Waals surface area contributed by atoms with Crippen molar-refractivity contribution in [1.82, 2.24) is 0 Å². The van der Waals surface area contributed by atoms with E-state index in [1.165, 1.54) is 13.2 Å². The molecule has 1 aliphatic heterocycles. The highest BCUT2D eigenvalue weighted by molar-refractivity contribution is 5.82. The van der Waals surface area contributed by atoms with Crippen molar-refractivity contribution in [3.05, 3.63) is 41.7 Å².